The number of hydrogen-bond donors (Lipinski definition) is 0. The number of ether oxygens (including phenoxy) is 4. The minimum atomic E-state index is -0.218. The molecule has 0 spiro atoms. The van der Waals surface area contributed by atoms with Gasteiger partial charge in [-0.1, -0.05) is 12.1 Å². The molecule has 2 aromatic rings. The van der Waals surface area contributed by atoms with Gasteiger partial charge < -0.3 is 18.9 Å². The first kappa shape index (κ1) is 18.9. The van der Waals surface area contributed by atoms with Gasteiger partial charge in [-0.05, 0) is 42.0 Å². The summed E-state index contributed by atoms with van der Waals surface area (Å²) in [7, 11) is 4.55. The van der Waals surface area contributed by atoms with Crippen LogP contribution in [0.2, 0.25) is 0 Å². The van der Waals surface area contributed by atoms with Crippen LogP contribution in [-0.4, -0.2) is 33.7 Å². The lowest BCUT2D eigenvalue weighted by Gasteiger charge is -2.09. The topological polar surface area (TPSA) is 77.8 Å². The predicted octanol–water partition coefficient (Wildman–Crippen LogP) is 3.51. The number of carbonyl (C=O) groups is 1. The second-order valence-electron chi connectivity index (χ2n) is 5.12. The summed E-state index contributed by atoms with van der Waals surface area (Å²) in [4.78, 5) is 12.5. The molecule has 6 heteroatoms. The summed E-state index contributed by atoms with van der Waals surface area (Å²) in [5.74, 6) is 1.77. The monoisotopic (exact) mass is 353 g/mol. The van der Waals surface area contributed by atoms with Crippen LogP contribution in [0.3, 0.4) is 0 Å². The van der Waals surface area contributed by atoms with Gasteiger partial charge in [0, 0.05) is 0 Å². The van der Waals surface area contributed by atoms with Gasteiger partial charge in [-0.3, -0.25) is 4.79 Å². The highest BCUT2D eigenvalue weighted by Gasteiger charge is 2.11. The molecule has 0 aromatic heterocycles. The number of benzene rings is 2. The summed E-state index contributed by atoms with van der Waals surface area (Å²) in [5.41, 5.74) is 1.16. The van der Waals surface area contributed by atoms with E-state index in [2.05, 4.69) is 0 Å². The van der Waals surface area contributed by atoms with Crippen LogP contribution in [0.4, 0.5) is 0 Å². The van der Waals surface area contributed by atoms with Crippen LogP contribution in [0.1, 0.15) is 15.9 Å². The zero-order valence-electron chi connectivity index (χ0n) is 14.8. The third kappa shape index (κ3) is 4.54. The molecular weight excluding hydrogens is 334 g/mol. The molecule has 26 heavy (non-hydrogen) atoms. The molecule has 0 aliphatic rings. The van der Waals surface area contributed by atoms with Crippen molar-refractivity contribution in [2.45, 2.75) is 0 Å². The van der Waals surface area contributed by atoms with Crippen molar-refractivity contribution in [1.82, 2.24) is 0 Å². The molecule has 0 N–H and O–H groups in total. The molecule has 0 amide bonds. The number of hydrogen-bond acceptors (Lipinski definition) is 6. The Hall–Kier alpha value is -3.46. The van der Waals surface area contributed by atoms with E-state index in [0.717, 1.165) is 5.56 Å². The highest BCUT2D eigenvalue weighted by molar-refractivity contribution is 6.08. The summed E-state index contributed by atoms with van der Waals surface area (Å²) >= 11 is 0. The Labute approximate surface area is 152 Å². The molecule has 6 nitrogen and oxygen atoms in total. The number of allylic oxidation sites excluding steroid dienone is 1. The molecule has 134 valence electrons. The molecule has 0 radical (unpaired) electrons. The average Bonchev–Trinajstić information content (AvgIpc) is 2.69. The van der Waals surface area contributed by atoms with E-state index in [1.54, 1.807) is 42.5 Å². The minimum absolute atomic E-state index is 0.0698. The smallest absolute Gasteiger partial charge is 0.189 e. The number of nitrogens with zero attached hydrogens (tertiary/aromatic N) is 1. The van der Waals surface area contributed by atoms with Crippen LogP contribution in [0.15, 0.2) is 42.5 Å². The molecule has 0 saturated carbocycles. The second-order valence-corrected chi connectivity index (χ2v) is 5.12. The van der Waals surface area contributed by atoms with Crippen molar-refractivity contribution < 1.29 is 23.7 Å². The first-order chi connectivity index (χ1) is 12.6. The molecular formula is C20H19NO5. The maximum absolute atomic E-state index is 12.5. The van der Waals surface area contributed by atoms with Crippen LogP contribution in [0.25, 0.3) is 6.08 Å². The van der Waals surface area contributed by atoms with Gasteiger partial charge in [0.2, 0.25) is 0 Å². The fourth-order valence-electron chi connectivity index (χ4n) is 2.29. The number of carbonyl (C=O) groups excluding carboxylic acids is 1. The summed E-state index contributed by atoms with van der Waals surface area (Å²) in [6, 6.07) is 12.1. The van der Waals surface area contributed by atoms with Crippen LogP contribution >= 0.6 is 0 Å². The first-order valence-electron chi connectivity index (χ1n) is 7.75. The largest absolute Gasteiger partial charge is 0.497 e. The highest BCUT2D eigenvalue weighted by Crippen LogP contribution is 2.29. The molecule has 0 bridgehead atoms. The fraction of sp³-hybridized carbons (Fsp3) is 0.200. The zero-order valence-corrected chi connectivity index (χ0v) is 14.8. The molecule has 0 heterocycles. The van der Waals surface area contributed by atoms with Crippen LogP contribution in [0, 0.1) is 11.3 Å². The molecule has 0 atom stereocenters. The van der Waals surface area contributed by atoms with Crippen molar-refractivity contribution in [2.24, 2.45) is 0 Å². The molecule has 0 aliphatic carbocycles. The summed E-state index contributed by atoms with van der Waals surface area (Å²) in [6.45, 7) is -0.0698. The zero-order chi connectivity index (χ0) is 18.9. The van der Waals surface area contributed by atoms with Gasteiger partial charge in [0.05, 0.1) is 26.9 Å². The van der Waals surface area contributed by atoms with Crippen LogP contribution < -0.4 is 18.9 Å². The predicted molar refractivity (Wildman–Crippen MR) is 97.0 cm³/mol. The van der Waals surface area contributed by atoms with Crippen molar-refractivity contribution in [3.63, 3.8) is 0 Å². The lowest BCUT2D eigenvalue weighted by Crippen LogP contribution is -2.00. The lowest BCUT2D eigenvalue weighted by molar-refractivity contribution is 0.104. The normalized spacial score (nSPS) is 10.2. The molecule has 0 unspecified atom stereocenters. The van der Waals surface area contributed by atoms with E-state index in [4.69, 9.17) is 24.2 Å². The van der Waals surface area contributed by atoms with Gasteiger partial charge in [-0.25, -0.2) is 0 Å². The van der Waals surface area contributed by atoms with Gasteiger partial charge in [0.25, 0.3) is 0 Å². The second kappa shape index (κ2) is 9.14. The van der Waals surface area contributed by atoms with E-state index in [9.17, 15) is 4.79 Å². The quantitative estimate of drug-likeness (QED) is 0.534. The molecule has 0 aliphatic heterocycles. The van der Waals surface area contributed by atoms with Gasteiger partial charge >= 0.3 is 0 Å². The number of nitriles is 1. The third-order valence-corrected chi connectivity index (χ3v) is 3.58. The number of methoxy groups -OCH3 is 3. The Bertz CT molecular complexity index is 852. The van der Waals surface area contributed by atoms with E-state index in [-0.39, 0.29) is 12.4 Å². The van der Waals surface area contributed by atoms with E-state index in [0.29, 0.717) is 28.6 Å². The van der Waals surface area contributed by atoms with Crippen molar-refractivity contribution >= 4 is 11.9 Å². The van der Waals surface area contributed by atoms with Crippen molar-refractivity contribution in [1.29, 1.82) is 5.26 Å². The van der Waals surface area contributed by atoms with Gasteiger partial charge in [0.15, 0.2) is 23.9 Å². The Morgan fingerprint density at radius 1 is 1.00 bits per heavy atom. The van der Waals surface area contributed by atoms with Gasteiger partial charge in [-0.15, -0.1) is 0 Å². The maximum atomic E-state index is 12.5. The molecule has 0 saturated heterocycles. The van der Waals surface area contributed by atoms with Crippen LogP contribution in [0.5, 0.6) is 23.0 Å². The summed E-state index contributed by atoms with van der Waals surface area (Å²) in [5, 5.41) is 8.60. The van der Waals surface area contributed by atoms with Gasteiger partial charge in [-0.2, -0.15) is 5.26 Å². The minimum Gasteiger partial charge on any atom is -0.497 e. The van der Waals surface area contributed by atoms with Gasteiger partial charge in [0.1, 0.15) is 17.6 Å². The summed E-state index contributed by atoms with van der Waals surface area (Å²) in [6.07, 6.45) is 3.11. The van der Waals surface area contributed by atoms with E-state index in [1.165, 1.54) is 27.4 Å². The highest BCUT2D eigenvalue weighted by atomic mass is 16.5. The van der Waals surface area contributed by atoms with E-state index < -0.39 is 0 Å². The summed E-state index contributed by atoms with van der Waals surface area (Å²) < 4.78 is 20.9. The van der Waals surface area contributed by atoms with Crippen molar-refractivity contribution in [3.05, 3.63) is 53.6 Å². The SMILES string of the molecule is COc1ccc(OC)c(C(=O)/C=C/c2ccc(OCC#N)c(OC)c2)c1. The average molecular weight is 353 g/mol. The Balaban J connectivity index is 2.24. The Morgan fingerprint density at radius 2 is 1.73 bits per heavy atom. The number of rotatable bonds is 8. The Kier molecular flexibility index (Phi) is 6.63. The fourth-order valence-corrected chi connectivity index (χ4v) is 2.29. The van der Waals surface area contributed by atoms with Crippen molar-refractivity contribution in [3.8, 4) is 29.1 Å². The maximum Gasteiger partial charge on any atom is 0.189 e. The first-order valence-corrected chi connectivity index (χ1v) is 7.75. The van der Waals surface area contributed by atoms with E-state index >= 15 is 0 Å². The Morgan fingerprint density at radius 3 is 2.38 bits per heavy atom. The molecule has 0 fully saturated rings. The lowest BCUT2D eigenvalue weighted by atomic mass is 10.1. The van der Waals surface area contributed by atoms with Crippen molar-refractivity contribution in [2.75, 3.05) is 27.9 Å². The molecule has 2 aromatic carbocycles. The van der Waals surface area contributed by atoms with E-state index in [1.807, 2.05) is 6.07 Å². The standard InChI is InChI=1S/C20H19NO5/c1-23-15-6-9-18(24-2)16(13-15)17(22)7-4-14-5-8-19(26-11-10-21)20(12-14)25-3/h4-9,12-13H,11H2,1-3H3/b7-4+. The third-order valence-electron chi connectivity index (χ3n) is 3.58. The molecule has 2 rings (SSSR count). The van der Waals surface area contributed by atoms with Crippen LogP contribution in [-0.2, 0) is 0 Å². The number of ketones is 1.